The maximum absolute atomic E-state index is 12.0. The van der Waals surface area contributed by atoms with E-state index in [-0.39, 0.29) is 24.2 Å². The second-order valence-corrected chi connectivity index (χ2v) is 6.31. The standard InChI is InChI=1S/C16H20N2O4S/c1-10(2)15(20)17-16-18(8-7-14(19)22-4)12-9-11(21-3)5-6-13(12)23-16/h5-6,9-10H,7-8H2,1-4H3. The van der Waals surface area contributed by atoms with Crippen LogP contribution in [0.2, 0.25) is 0 Å². The molecule has 0 N–H and O–H groups in total. The van der Waals surface area contributed by atoms with Gasteiger partial charge in [-0.1, -0.05) is 25.2 Å². The summed E-state index contributed by atoms with van der Waals surface area (Å²) in [6.45, 7) is 4.01. The SMILES string of the molecule is COC(=O)CCn1c(=NC(=O)C(C)C)sc2ccc(OC)cc21. The van der Waals surface area contributed by atoms with E-state index in [4.69, 9.17) is 9.47 Å². The summed E-state index contributed by atoms with van der Waals surface area (Å²) in [6, 6.07) is 5.66. The number of methoxy groups -OCH3 is 2. The zero-order chi connectivity index (χ0) is 17.0. The first kappa shape index (κ1) is 17.2. The number of amides is 1. The van der Waals surface area contributed by atoms with Crippen molar-refractivity contribution >= 4 is 33.4 Å². The van der Waals surface area contributed by atoms with Gasteiger partial charge in [-0.15, -0.1) is 0 Å². The Hall–Kier alpha value is -2.15. The van der Waals surface area contributed by atoms with Crippen LogP contribution < -0.4 is 9.54 Å². The van der Waals surface area contributed by atoms with Gasteiger partial charge in [0.2, 0.25) is 0 Å². The maximum atomic E-state index is 12.0. The van der Waals surface area contributed by atoms with Crippen LogP contribution in [0, 0.1) is 5.92 Å². The molecule has 0 saturated heterocycles. The average molecular weight is 336 g/mol. The van der Waals surface area contributed by atoms with Crippen LogP contribution >= 0.6 is 11.3 Å². The van der Waals surface area contributed by atoms with Gasteiger partial charge in [0.15, 0.2) is 4.80 Å². The highest BCUT2D eigenvalue weighted by molar-refractivity contribution is 7.16. The van der Waals surface area contributed by atoms with E-state index >= 15 is 0 Å². The number of aryl methyl sites for hydroxylation is 1. The fourth-order valence-corrected chi connectivity index (χ4v) is 3.05. The van der Waals surface area contributed by atoms with Crippen LogP contribution in [0.15, 0.2) is 23.2 Å². The van der Waals surface area contributed by atoms with Crippen molar-refractivity contribution < 1.29 is 19.1 Å². The molecule has 0 aliphatic heterocycles. The van der Waals surface area contributed by atoms with Gasteiger partial charge in [-0.3, -0.25) is 9.59 Å². The molecule has 1 aromatic heterocycles. The summed E-state index contributed by atoms with van der Waals surface area (Å²) in [5.74, 6) is 0.0453. The predicted octanol–water partition coefficient (Wildman–Crippen LogP) is 2.36. The van der Waals surface area contributed by atoms with E-state index in [1.165, 1.54) is 18.4 Å². The van der Waals surface area contributed by atoms with Crippen molar-refractivity contribution in [2.24, 2.45) is 10.9 Å². The Morgan fingerprint density at radius 2 is 2.04 bits per heavy atom. The molecular weight excluding hydrogens is 316 g/mol. The Morgan fingerprint density at radius 3 is 2.65 bits per heavy atom. The number of carbonyl (C=O) groups is 2. The highest BCUT2D eigenvalue weighted by atomic mass is 32.1. The number of thiazole rings is 1. The van der Waals surface area contributed by atoms with Crippen molar-refractivity contribution in [3.8, 4) is 5.75 Å². The molecule has 2 aromatic rings. The number of hydrogen-bond donors (Lipinski definition) is 0. The molecule has 0 aliphatic carbocycles. The largest absolute Gasteiger partial charge is 0.497 e. The number of ether oxygens (including phenoxy) is 2. The zero-order valence-corrected chi connectivity index (χ0v) is 14.5. The normalized spacial score (nSPS) is 12.0. The molecule has 0 aliphatic rings. The molecule has 1 heterocycles. The van der Waals surface area contributed by atoms with Gasteiger partial charge in [0.1, 0.15) is 5.75 Å². The lowest BCUT2D eigenvalue weighted by molar-refractivity contribution is -0.140. The molecule has 124 valence electrons. The van der Waals surface area contributed by atoms with E-state index in [2.05, 4.69) is 4.99 Å². The van der Waals surface area contributed by atoms with Crippen LogP contribution in [-0.2, 0) is 20.9 Å². The van der Waals surface area contributed by atoms with E-state index in [0.29, 0.717) is 17.1 Å². The molecule has 23 heavy (non-hydrogen) atoms. The van der Waals surface area contributed by atoms with Crippen molar-refractivity contribution in [2.45, 2.75) is 26.8 Å². The first-order chi connectivity index (χ1) is 11.0. The van der Waals surface area contributed by atoms with E-state index in [1.54, 1.807) is 21.0 Å². The molecule has 1 amide bonds. The smallest absolute Gasteiger partial charge is 0.307 e. The third-order valence-electron chi connectivity index (χ3n) is 3.36. The number of benzene rings is 1. The predicted molar refractivity (Wildman–Crippen MR) is 88.4 cm³/mol. The number of nitrogens with zero attached hydrogens (tertiary/aromatic N) is 2. The molecule has 0 fully saturated rings. The van der Waals surface area contributed by atoms with E-state index < -0.39 is 0 Å². The third kappa shape index (κ3) is 3.98. The van der Waals surface area contributed by atoms with Crippen LogP contribution in [0.4, 0.5) is 0 Å². The fourth-order valence-electron chi connectivity index (χ4n) is 2.01. The molecule has 1 aromatic carbocycles. The van der Waals surface area contributed by atoms with Gasteiger partial charge >= 0.3 is 5.97 Å². The van der Waals surface area contributed by atoms with Gasteiger partial charge in [0.25, 0.3) is 5.91 Å². The second kappa shape index (κ2) is 7.41. The van der Waals surface area contributed by atoms with Crippen LogP contribution in [-0.4, -0.2) is 30.7 Å². The third-order valence-corrected chi connectivity index (χ3v) is 4.42. The number of fused-ring (bicyclic) bond motifs is 1. The Labute approximate surface area is 138 Å². The van der Waals surface area contributed by atoms with Gasteiger partial charge in [0.05, 0.1) is 30.9 Å². The van der Waals surface area contributed by atoms with Crippen molar-refractivity contribution in [3.05, 3.63) is 23.0 Å². The molecule has 0 spiro atoms. The van der Waals surface area contributed by atoms with Gasteiger partial charge in [-0.25, -0.2) is 0 Å². The number of aromatic nitrogens is 1. The molecule has 0 bridgehead atoms. The summed E-state index contributed by atoms with van der Waals surface area (Å²) >= 11 is 1.42. The van der Waals surface area contributed by atoms with E-state index in [0.717, 1.165) is 10.2 Å². The average Bonchev–Trinajstić information content (AvgIpc) is 2.88. The molecule has 6 nitrogen and oxygen atoms in total. The van der Waals surface area contributed by atoms with Gasteiger partial charge in [0, 0.05) is 18.5 Å². The number of rotatable bonds is 5. The molecule has 0 saturated carbocycles. The minimum Gasteiger partial charge on any atom is -0.497 e. The maximum Gasteiger partial charge on any atom is 0.307 e. The monoisotopic (exact) mass is 336 g/mol. The van der Waals surface area contributed by atoms with Gasteiger partial charge < -0.3 is 14.0 Å². The van der Waals surface area contributed by atoms with Crippen molar-refractivity contribution in [3.63, 3.8) is 0 Å². The summed E-state index contributed by atoms with van der Waals surface area (Å²) in [6.07, 6.45) is 0.211. The van der Waals surface area contributed by atoms with Crippen molar-refractivity contribution in [1.82, 2.24) is 4.57 Å². The van der Waals surface area contributed by atoms with E-state index in [9.17, 15) is 9.59 Å². The summed E-state index contributed by atoms with van der Waals surface area (Å²) in [5, 5.41) is 0. The van der Waals surface area contributed by atoms with E-state index in [1.807, 2.05) is 22.8 Å². The fraction of sp³-hybridized carbons (Fsp3) is 0.438. The van der Waals surface area contributed by atoms with Crippen LogP contribution in [0.25, 0.3) is 10.2 Å². The Kier molecular flexibility index (Phi) is 5.54. The Balaban J connectivity index is 2.55. The second-order valence-electron chi connectivity index (χ2n) is 5.30. The summed E-state index contributed by atoms with van der Waals surface area (Å²) in [7, 11) is 2.95. The highest BCUT2D eigenvalue weighted by Crippen LogP contribution is 2.23. The molecule has 0 unspecified atom stereocenters. The lowest BCUT2D eigenvalue weighted by Crippen LogP contribution is -2.20. The van der Waals surface area contributed by atoms with Crippen LogP contribution in [0.5, 0.6) is 5.75 Å². The highest BCUT2D eigenvalue weighted by Gasteiger charge is 2.12. The van der Waals surface area contributed by atoms with Crippen molar-refractivity contribution in [1.29, 1.82) is 0 Å². The van der Waals surface area contributed by atoms with Crippen LogP contribution in [0.1, 0.15) is 20.3 Å². The topological polar surface area (TPSA) is 69.9 Å². The zero-order valence-electron chi connectivity index (χ0n) is 13.7. The lowest BCUT2D eigenvalue weighted by atomic mass is 10.2. The molecule has 0 radical (unpaired) electrons. The minimum atomic E-state index is -0.305. The van der Waals surface area contributed by atoms with Crippen LogP contribution in [0.3, 0.4) is 0 Å². The molecule has 7 heteroatoms. The molecular formula is C16H20N2O4S. The quantitative estimate of drug-likeness (QED) is 0.786. The summed E-state index contributed by atoms with van der Waals surface area (Å²) in [4.78, 5) is 28.2. The minimum absolute atomic E-state index is 0.177. The van der Waals surface area contributed by atoms with Gasteiger partial charge in [-0.2, -0.15) is 4.99 Å². The Bertz CT molecular complexity index is 789. The number of hydrogen-bond acceptors (Lipinski definition) is 5. The first-order valence-electron chi connectivity index (χ1n) is 7.29. The molecule has 0 atom stereocenters. The number of esters is 1. The summed E-state index contributed by atoms with van der Waals surface area (Å²) < 4.78 is 12.8. The van der Waals surface area contributed by atoms with Gasteiger partial charge in [-0.05, 0) is 12.1 Å². The summed E-state index contributed by atoms with van der Waals surface area (Å²) in [5.41, 5.74) is 0.883. The number of carbonyl (C=O) groups excluding carboxylic acids is 2. The Morgan fingerprint density at radius 1 is 1.30 bits per heavy atom. The lowest BCUT2D eigenvalue weighted by Gasteiger charge is -2.06. The first-order valence-corrected chi connectivity index (χ1v) is 8.10. The molecule has 2 rings (SSSR count). The van der Waals surface area contributed by atoms with Crippen molar-refractivity contribution in [2.75, 3.05) is 14.2 Å².